The van der Waals surface area contributed by atoms with Gasteiger partial charge in [0.25, 0.3) is 5.91 Å². The fraction of sp³-hybridized carbons (Fsp3) is 0.368. The molecule has 4 heterocycles. The van der Waals surface area contributed by atoms with Crippen molar-refractivity contribution in [2.24, 2.45) is 0 Å². The summed E-state index contributed by atoms with van der Waals surface area (Å²) in [5.74, 6) is 0.489. The molecule has 3 aromatic heterocycles. The number of carbonyl (C=O) groups excluding carboxylic acids is 1. The number of aryl methyl sites for hydroxylation is 2. The van der Waals surface area contributed by atoms with Crippen LogP contribution >= 0.6 is 0 Å². The number of pyridine rings is 1. The molecule has 1 unspecified atom stereocenters. The quantitative estimate of drug-likeness (QED) is 0.740. The van der Waals surface area contributed by atoms with E-state index in [1.54, 1.807) is 6.20 Å². The highest BCUT2D eigenvalue weighted by atomic mass is 16.2. The average Bonchev–Trinajstić information content (AvgIpc) is 3.05. The third-order valence-electron chi connectivity index (χ3n) is 5.13. The minimum absolute atomic E-state index is 0.0114. The van der Waals surface area contributed by atoms with Crippen LogP contribution in [-0.4, -0.2) is 43.8 Å². The number of nitrogens with two attached hydrogens (primary N) is 1. The summed E-state index contributed by atoms with van der Waals surface area (Å²) in [7, 11) is 0. The van der Waals surface area contributed by atoms with Gasteiger partial charge in [-0.2, -0.15) is 0 Å². The molecule has 0 aliphatic carbocycles. The number of nitrogens with zero attached hydrogens (tertiary/aromatic N) is 4. The zero-order valence-electron chi connectivity index (χ0n) is 15.0. The van der Waals surface area contributed by atoms with Gasteiger partial charge in [-0.05, 0) is 44.4 Å². The van der Waals surface area contributed by atoms with Crippen LogP contribution in [0, 0.1) is 13.8 Å². The maximum absolute atomic E-state index is 13.1. The molecule has 134 valence electrons. The first-order valence-electron chi connectivity index (χ1n) is 8.86. The lowest BCUT2D eigenvalue weighted by Crippen LogP contribution is -2.40. The molecule has 3 N–H and O–H groups in total. The van der Waals surface area contributed by atoms with Crippen LogP contribution in [0.4, 0.5) is 5.95 Å². The van der Waals surface area contributed by atoms with E-state index < -0.39 is 0 Å². The highest BCUT2D eigenvalue weighted by Crippen LogP contribution is 2.32. The lowest BCUT2D eigenvalue weighted by molar-refractivity contribution is 0.0705. The van der Waals surface area contributed by atoms with Crippen molar-refractivity contribution in [2.75, 3.05) is 18.8 Å². The standard InChI is InChI=1S/C19H22N6O/c1-11-16(12(2)24-19(20)23-11)18(26)25-8-4-5-13(10-25)15-9-22-17-14(15)6-3-7-21-17/h3,6-7,9,13H,4-5,8,10H2,1-2H3,(H,21,22)(H2,20,23,24). The van der Waals surface area contributed by atoms with Crippen LogP contribution in [0.15, 0.2) is 24.5 Å². The molecule has 1 saturated heterocycles. The maximum Gasteiger partial charge on any atom is 0.257 e. The number of rotatable bonds is 2. The Morgan fingerprint density at radius 2 is 2.08 bits per heavy atom. The monoisotopic (exact) mass is 350 g/mol. The van der Waals surface area contributed by atoms with Crippen molar-refractivity contribution in [3.63, 3.8) is 0 Å². The first kappa shape index (κ1) is 16.5. The highest BCUT2D eigenvalue weighted by molar-refractivity contribution is 5.96. The van der Waals surface area contributed by atoms with Crippen LogP contribution in [0.3, 0.4) is 0 Å². The lowest BCUT2D eigenvalue weighted by Gasteiger charge is -2.33. The third-order valence-corrected chi connectivity index (χ3v) is 5.13. The van der Waals surface area contributed by atoms with Gasteiger partial charge in [0.05, 0.1) is 17.0 Å². The number of anilines is 1. The van der Waals surface area contributed by atoms with Crippen molar-refractivity contribution in [1.82, 2.24) is 24.8 Å². The molecule has 1 fully saturated rings. The van der Waals surface area contributed by atoms with Crippen molar-refractivity contribution >= 4 is 22.9 Å². The SMILES string of the molecule is Cc1nc(N)nc(C)c1C(=O)N1CCCC(c2c[nH]c3ncccc23)C1. The van der Waals surface area contributed by atoms with Gasteiger partial charge in [-0.1, -0.05) is 0 Å². The van der Waals surface area contributed by atoms with Crippen molar-refractivity contribution in [1.29, 1.82) is 0 Å². The molecule has 0 saturated carbocycles. The summed E-state index contributed by atoms with van der Waals surface area (Å²) in [6.07, 6.45) is 5.84. The summed E-state index contributed by atoms with van der Waals surface area (Å²) in [5, 5.41) is 1.13. The average molecular weight is 350 g/mol. The molecule has 0 spiro atoms. The largest absolute Gasteiger partial charge is 0.368 e. The number of amides is 1. The summed E-state index contributed by atoms with van der Waals surface area (Å²) in [6.45, 7) is 5.05. The number of hydrogen-bond acceptors (Lipinski definition) is 5. The number of carbonyl (C=O) groups is 1. The summed E-state index contributed by atoms with van der Waals surface area (Å²) in [6, 6.07) is 4.03. The second-order valence-corrected chi connectivity index (χ2v) is 6.86. The van der Waals surface area contributed by atoms with Crippen LogP contribution in [0.1, 0.15) is 46.1 Å². The van der Waals surface area contributed by atoms with Gasteiger partial charge in [0.15, 0.2) is 0 Å². The van der Waals surface area contributed by atoms with Gasteiger partial charge in [0, 0.05) is 36.8 Å². The summed E-state index contributed by atoms with van der Waals surface area (Å²) in [5.41, 5.74) is 9.66. The highest BCUT2D eigenvalue weighted by Gasteiger charge is 2.29. The van der Waals surface area contributed by atoms with E-state index in [-0.39, 0.29) is 11.9 Å². The Kier molecular flexibility index (Phi) is 4.06. The zero-order chi connectivity index (χ0) is 18.3. The number of likely N-dealkylation sites (tertiary alicyclic amines) is 1. The Morgan fingerprint density at radius 1 is 1.31 bits per heavy atom. The van der Waals surface area contributed by atoms with Crippen LogP contribution in [-0.2, 0) is 0 Å². The number of aromatic amines is 1. The summed E-state index contributed by atoms with van der Waals surface area (Å²) in [4.78, 5) is 31.0. The number of nitrogens with one attached hydrogen (secondary N) is 1. The number of piperidine rings is 1. The van der Waals surface area contributed by atoms with E-state index in [0.717, 1.165) is 30.4 Å². The Hall–Kier alpha value is -2.96. The van der Waals surface area contributed by atoms with Gasteiger partial charge in [0.2, 0.25) is 5.95 Å². The molecule has 26 heavy (non-hydrogen) atoms. The molecule has 4 rings (SSSR count). The van der Waals surface area contributed by atoms with E-state index in [4.69, 9.17) is 5.73 Å². The fourth-order valence-corrected chi connectivity index (χ4v) is 3.94. The summed E-state index contributed by atoms with van der Waals surface area (Å²) >= 11 is 0. The second kappa shape index (κ2) is 6.40. The molecule has 3 aromatic rings. The molecule has 0 aromatic carbocycles. The number of aromatic nitrogens is 4. The number of H-pyrrole nitrogens is 1. The van der Waals surface area contributed by atoms with Crippen molar-refractivity contribution in [3.8, 4) is 0 Å². The van der Waals surface area contributed by atoms with E-state index in [9.17, 15) is 4.79 Å². The van der Waals surface area contributed by atoms with Gasteiger partial charge < -0.3 is 15.6 Å². The van der Waals surface area contributed by atoms with Gasteiger partial charge in [-0.15, -0.1) is 0 Å². The van der Waals surface area contributed by atoms with E-state index in [1.807, 2.05) is 31.0 Å². The van der Waals surface area contributed by atoms with Crippen molar-refractivity contribution in [2.45, 2.75) is 32.6 Å². The van der Waals surface area contributed by atoms with Gasteiger partial charge in [0.1, 0.15) is 5.65 Å². The lowest BCUT2D eigenvalue weighted by atomic mass is 9.90. The first-order chi connectivity index (χ1) is 12.5. The molecule has 1 aliphatic heterocycles. The van der Waals surface area contributed by atoms with Gasteiger partial charge in [-0.3, -0.25) is 4.79 Å². The third kappa shape index (κ3) is 2.79. The number of fused-ring (bicyclic) bond motifs is 1. The minimum Gasteiger partial charge on any atom is -0.368 e. The molecule has 0 radical (unpaired) electrons. The molecule has 1 atom stereocenters. The fourth-order valence-electron chi connectivity index (χ4n) is 3.94. The zero-order valence-corrected chi connectivity index (χ0v) is 15.0. The van der Waals surface area contributed by atoms with Crippen LogP contribution < -0.4 is 5.73 Å². The molecule has 0 bridgehead atoms. The summed E-state index contributed by atoms with van der Waals surface area (Å²) < 4.78 is 0. The molecule has 1 aliphatic rings. The molecule has 1 amide bonds. The second-order valence-electron chi connectivity index (χ2n) is 6.86. The maximum atomic E-state index is 13.1. The van der Waals surface area contributed by atoms with Crippen LogP contribution in [0.25, 0.3) is 11.0 Å². The Morgan fingerprint density at radius 3 is 2.85 bits per heavy atom. The topological polar surface area (TPSA) is 101 Å². The van der Waals surface area contributed by atoms with E-state index in [1.165, 1.54) is 5.56 Å². The predicted molar refractivity (Wildman–Crippen MR) is 99.9 cm³/mol. The molecular formula is C19H22N6O. The van der Waals surface area contributed by atoms with E-state index in [0.29, 0.717) is 29.4 Å². The first-order valence-corrected chi connectivity index (χ1v) is 8.86. The van der Waals surface area contributed by atoms with Crippen molar-refractivity contribution in [3.05, 3.63) is 47.0 Å². The molecule has 7 nitrogen and oxygen atoms in total. The Bertz CT molecular complexity index is 956. The molecular weight excluding hydrogens is 328 g/mol. The number of nitrogen functional groups attached to an aromatic ring is 1. The number of hydrogen-bond donors (Lipinski definition) is 2. The molecule has 7 heteroatoms. The van der Waals surface area contributed by atoms with Crippen LogP contribution in [0.2, 0.25) is 0 Å². The van der Waals surface area contributed by atoms with Crippen LogP contribution in [0.5, 0.6) is 0 Å². The van der Waals surface area contributed by atoms with Crippen molar-refractivity contribution < 1.29 is 4.79 Å². The smallest absolute Gasteiger partial charge is 0.257 e. The van der Waals surface area contributed by atoms with Gasteiger partial charge >= 0.3 is 0 Å². The normalized spacial score (nSPS) is 17.6. The Balaban J connectivity index is 1.62. The predicted octanol–water partition coefficient (Wildman–Crippen LogP) is 2.57. The van der Waals surface area contributed by atoms with E-state index in [2.05, 4.69) is 26.0 Å². The van der Waals surface area contributed by atoms with E-state index >= 15 is 0 Å². The Labute approximate surface area is 151 Å². The minimum atomic E-state index is -0.0114. The van der Waals surface area contributed by atoms with Gasteiger partial charge in [-0.25, -0.2) is 15.0 Å².